The summed E-state index contributed by atoms with van der Waals surface area (Å²) in [5.74, 6) is 1.79. The van der Waals surface area contributed by atoms with Gasteiger partial charge < -0.3 is 13.9 Å². The highest BCUT2D eigenvalue weighted by Gasteiger charge is 2.52. The quantitative estimate of drug-likeness (QED) is 0.186. The normalized spacial score (nSPS) is 15.5. The van der Waals surface area contributed by atoms with Crippen LogP contribution in [0.3, 0.4) is 0 Å². The van der Waals surface area contributed by atoms with Gasteiger partial charge in [0, 0.05) is 32.9 Å². The summed E-state index contributed by atoms with van der Waals surface area (Å²) in [5, 5.41) is 2.33. The Morgan fingerprint density at radius 1 is 0.500 bits per heavy atom. The summed E-state index contributed by atoms with van der Waals surface area (Å²) in [6.45, 7) is 8.34. The zero-order valence-corrected chi connectivity index (χ0v) is 26.3. The second kappa shape index (κ2) is 10.8. The zero-order valence-electron chi connectivity index (χ0n) is 26.3. The number of rotatable bonds is 5. The molecule has 1 saturated heterocycles. The zero-order chi connectivity index (χ0) is 31.5. The van der Waals surface area contributed by atoms with Gasteiger partial charge in [-0.1, -0.05) is 109 Å². The van der Waals surface area contributed by atoms with Gasteiger partial charge in [-0.2, -0.15) is 0 Å². The van der Waals surface area contributed by atoms with Gasteiger partial charge >= 0.3 is 7.12 Å². The first kappa shape index (κ1) is 28.4. The maximum Gasteiger partial charge on any atom is 0.497 e. The number of para-hydroxylation sites is 3. The van der Waals surface area contributed by atoms with Crippen molar-refractivity contribution in [3.63, 3.8) is 0 Å². The third-order valence-electron chi connectivity index (χ3n) is 9.32. The number of benzene rings is 5. The molecular weight excluding hydrogens is 567 g/mol. The summed E-state index contributed by atoms with van der Waals surface area (Å²) in [4.78, 5) is 15.2. The lowest BCUT2D eigenvalue weighted by Crippen LogP contribution is -2.41. The van der Waals surface area contributed by atoms with Gasteiger partial charge in [-0.3, -0.25) is 0 Å². The number of aromatic nitrogens is 4. The first-order valence-electron chi connectivity index (χ1n) is 15.7. The molecule has 2 aromatic heterocycles. The molecule has 0 saturated carbocycles. The summed E-state index contributed by atoms with van der Waals surface area (Å²) < 4.78 is 15.7. The molecule has 1 aliphatic heterocycles. The molecule has 0 radical (unpaired) electrons. The van der Waals surface area contributed by atoms with E-state index in [9.17, 15) is 0 Å². The average Bonchev–Trinajstić information content (AvgIpc) is 3.53. The molecule has 0 amide bonds. The Hall–Kier alpha value is -5.11. The number of nitrogens with zero attached hydrogens (tertiary/aromatic N) is 4. The predicted octanol–water partition coefficient (Wildman–Crippen LogP) is 8.27. The Morgan fingerprint density at radius 2 is 0.957 bits per heavy atom. The van der Waals surface area contributed by atoms with E-state index in [0.717, 1.165) is 38.9 Å². The van der Waals surface area contributed by atoms with Crippen LogP contribution in [0.5, 0.6) is 0 Å². The van der Waals surface area contributed by atoms with Crippen LogP contribution in [-0.2, 0) is 9.31 Å². The molecule has 8 rings (SSSR count). The number of fused-ring (bicyclic) bond motifs is 3. The molecule has 0 bridgehead atoms. The van der Waals surface area contributed by atoms with Gasteiger partial charge in [-0.25, -0.2) is 15.0 Å². The average molecular weight is 601 g/mol. The van der Waals surface area contributed by atoms with Gasteiger partial charge in [0.25, 0.3) is 0 Å². The first-order chi connectivity index (χ1) is 22.3. The molecule has 0 unspecified atom stereocenters. The van der Waals surface area contributed by atoms with E-state index < -0.39 is 18.3 Å². The summed E-state index contributed by atoms with van der Waals surface area (Å²) in [6, 6.07) is 43.4. The van der Waals surface area contributed by atoms with Crippen LogP contribution in [0.25, 0.3) is 61.7 Å². The third kappa shape index (κ3) is 4.62. The lowest BCUT2D eigenvalue weighted by Gasteiger charge is -2.32. The van der Waals surface area contributed by atoms with Gasteiger partial charge in [0.2, 0.25) is 0 Å². The Morgan fingerprint density at radius 3 is 1.48 bits per heavy atom. The molecule has 5 aromatic carbocycles. The molecule has 0 atom stereocenters. The fraction of sp³-hybridized carbons (Fsp3) is 0.154. The van der Waals surface area contributed by atoms with Crippen LogP contribution in [-0.4, -0.2) is 37.8 Å². The Bertz CT molecular complexity index is 2100. The highest BCUT2D eigenvalue weighted by molar-refractivity contribution is 6.63. The molecule has 0 N–H and O–H groups in total. The van der Waals surface area contributed by atoms with E-state index in [1.807, 2.05) is 66.7 Å². The van der Waals surface area contributed by atoms with Crippen molar-refractivity contribution in [2.45, 2.75) is 38.9 Å². The molecule has 1 fully saturated rings. The van der Waals surface area contributed by atoms with Crippen LogP contribution in [0.2, 0.25) is 0 Å². The fourth-order valence-corrected chi connectivity index (χ4v) is 6.24. The third-order valence-corrected chi connectivity index (χ3v) is 9.32. The Balaban J connectivity index is 1.46. The van der Waals surface area contributed by atoms with Crippen molar-refractivity contribution in [3.05, 3.63) is 127 Å². The van der Waals surface area contributed by atoms with Crippen LogP contribution >= 0.6 is 0 Å². The van der Waals surface area contributed by atoms with E-state index in [1.54, 1.807) is 0 Å². The van der Waals surface area contributed by atoms with Gasteiger partial charge in [0.1, 0.15) is 0 Å². The van der Waals surface area contributed by atoms with E-state index in [0.29, 0.717) is 17.5 Å². The van der Waals surface area contributed by atoms with E-state index >= 15 is 0 Å². The summed E-state index contributed by atoms with van der Waals surface area (Å²) in [5.41, 5.74) is 5.65. The minimum absolute atomic E-state index is 0.514. The topological polar surface area (TPSA) is 62.1 Å². The molecule has 6 nitrogen and oxygen atoms in total. The molecule has 7 heteroatoms. The van der Waals surface area contributed by atoms with E-state index in [1.165, 1.54) is 10.8 Å². The van der Waals surface area contributed by atoms with Gasteiger partial charge in [-0.15, -0.1) is 0 Å². The predicted molar refractivity (Wildman–Crippen MR) is 186 cm³/mol. The van der Waals surface area contributed by atoms with Crippen molar-refractivity contribution >= 4 is 34.4 Å². The maximum atomic E-state index is 6.70. The van der Waals surface area contributed by atoms with Crippen molar-refractivity contribution < 1.29 is 9.31 Å². The van der Waals surface area contributed by atoms with E-state index in [-0.39, 0.29) is 0 Å². The number of hydrogen-bond acceptors (Lipinski definition) is 5. The lowest BCUT2D eigenvalue weighted by molar-refractivity contribution is 0.00578. The van der Waals surface area contributed by atoms with Crippen LogP contribution in [0.15, 0.2) is 127 Å². The molecule has 224 valence electrons. The van der Waals surface area contributed by atoms with Crippen molar-refractivity contribution in [2.24, 2.45) is 0 Å². The molecule has 0 aliphatic carbocycles. The smallest absolute Gasteiger partial charge is 0.399 e. The molecule has 0 spiro atoms. The highest BCUT2D eigenvalue weighted by Crippen LogP contribution is 2.40. The molecular formula is C39H33BN4O2. The first-order valence-corrected chi connectivity index (χ1v) is 15.7. The van der Waals surface area contributed by atoms with Crippen molar-refractivity contribution in [3.8, 4) is 39.9 Å². The highest BCUT2D eigenvalue weighted by atomic mass is 16.7. The Kier molecular flexibility index (Phi) is 6.64. The van der Waals surface area contributed by atoms with E-state index in [2.05, 4.69) is 92.9 Å². The van der Waals surface area contributed by atoms with Crippen molar-refractivity contribution in [1.82, 2.24) is 19.5 Å². The molecule has 3 heterocycles. The second-order valence-electron chi connectivity index (χ2n) is 12.7. The molecule has 7 aromatic rings. The van der Waals surface area contributed by atoms with Gasteiger partial charge in [-0.05, 0) is 45.9 Å². The number of hydrogen-bond donors (Lipinski definition) is 0. The standard InChI is InChI=1S/C39H33BN4O2/c1-38(2)39(3,4)46-40(45-38)31-23-15-22-30(34(31)44-32-24-13-11-20-28(32)29-21-12-14-25-33(29)44)37-42-35(26-16-7-5-8-17-26)41-36(43-37)27-18-9-6-10-19-27/h5-25H,1-4H3. The summed E-state index contributed by atoms with van der Waals surface area (Å²) >= 11 is 0. The summed E-state index contributed by atoms with van der Waals surface area (Å²) in [6.07, 6.45) is 0. The van der Waals surface area contributed by atoms with E-state index in [4.69, 9.17) is 24.3 Å². The van der Waals surface area contributed by atoms with Crippen molar-refractivity contribution in [2.75, 3.05) is 0 Å². The van der Waals surface area contributed by atoms with Crippen LogP contribution in [0.1, 0.15) is 27.7 Å². The minimum Gasteiger partial charge on any atom is -0.399 e. The van der Waals surface area contributed by atoms with Gasteiger partial charge in [0.05, 0.1) is 27.9 Å². The van der Waals surface area contributed by atoms with Crippen LogP contribution in [0.4, 0.5) is 0 Å². The fourth-order valence-electron chi connectivity index (χ4n) is 6.24. The molecule has 1 aliphatic rings. The second-order valence-corrected chi connectivity index (χ2v) is 12.7. The SMILES string of the molecule is CC1(C)OB(c2cccc(-c3nc(-c4ccccc4)nc(-c4ccccc4)n3)c2-n2c3ccccc3c3ccccc32)OC1(C)C. The maximum absolute atomic E-state index is 6.70. The lowest BCUT2D eigenvalue weighted by atomic mass is 9.76. The summed E-state index contributed by atoms with van der Waals surface area (Å²) in [7, 11) is -0.608. The largest absolute Gasteiger partial charge is 0.497 e. The van der Waals surface area contributed by atoms with Crippen molar-refractivity contribution in [1.29, 1.82) is 0 Å². The minimum atomic E-state index is -0.608. The van der Waals surface area contributed by atoms with Gasteiger partial charge in [0.15, 0.2) is 17.5 Å². The van der Waals surface area contributed by atoms with Crippen LogP contribution < -0.4 is 5.46 Å². The van der Waals surface area contributed by atoms with Crippen LogP contribution in [0, 0.1) is 0 Å². The Labute approximate surface area is 268 Å². The monoisotopic (exact) mass is 600 g/mol. The molecule has 46 heavy (non-hydrogen) atoms.